The largest absolute Gasteiger partial charge is 0.466 e. The zero-order chi connectivity index (χ0) is 14.5. The van der Waals surface area contributed by atoms with E-state index in [1.165, 1.54) is 6.92 Å². The predicted octanol–water partition coefficient (Wildman–Crippen LogP) is 2.12. The third-order valence-electron chi connectivity index (χ3n) is 3.79. The van der Waals surface area contributed by atoms with Crippen LogP contribution in [-0.2, 0) is 14.3 Å². The molecule has 1 rings (SSSR count). The van der Waals surface area contributed by atoms with Crippen molar-refractivity contribution in [1.29, 1.82) is 0 Å². The highest BCUT2D eigenvalue weighted by Crippen LogP contribution is 2.39. The Kier molecular flexibility index (Phi) is 5.44. The average molecular weight is 271 g/mol. The summed E-state index contributed by atoms with van der Waals surface area (Å²) in [6.07, 6.45) is 2.95. The summed E-state index contributed by atoms with van der Waals surface area (Å²) >= 11 is 0. The van der Waals surface area contributed by atoms with Crippen LogP contribution in [0.15, 0.2) is 0 Å². The van der Waals surface area contributed by atoms with E-state index in [4.69, 9.17) is 4.74 Å². The van der Waals surface area contributed by atoms with E-state index >= 15 is 0 Å². The first-order chi connectivity index (χ1) is 8.94. The molecule has 0 amide bonds. The monoisotopic (exact) mass is 271 g/mol. The minimum absolute atomic E-state index is 0.111. The van der Waals surface area contributed by atoms with E-state index in [2.05, 4.69) is 0 Å². The van der Waals surface area contributed by atoms with Gasteiger partial charge in [-0.25, -0.2) is 0 Å². The van der Waals surface area contributed by atoms with Crippen LogP contribution in [0.2, 0.25) is 0 Å². The molecule has 0 heterocycles. The van der Waals surface area contributed by atoms with Crippen LogP contribution in [-0.4, -0.2) is 28.8 Å². The SMILES string of the molecule is CCOC(=O)[C@H](CC(C)=O)C1([N+](=O)[O-])CCCCC1. The van der Waals surface area contributed by atoms with Crippen molar-refractivity contribution < 1.29 is 19.2 Å². The van der Waals surface area contributed by atoms with Gasteiger partial charge in [-0.2, -0.15) is 0 Å². The molecule has 0 aromatic rings. The molecule has 0 bridgehead atoms. The summed E-state index contributed by atoms with van der Waals surface area (Å²) in [5.74, 6) is -1.79. The van der Waals surface area contributed by atoms with Crippen molar-refractivity contribution >= 4 is 11.8 Å². The molecule has 6 heteroatoms. The fraction of sp³-hybridized carbons (Fsp3) is 0.846. The normalized spacial score (nSPS) is 19.5. The first-order valence-electron chi connectivity index (χ1n) is 6.74. The third kappa shape index (κ3) is 3.52. The maximum absolute atomic E-state index is 12.0. The number of nitro groups is 1. The molecule has 108 valence electrons. The lowest BCUT2D eigenvalue weighted by Crippen LogP contribution is -2.51. The highest BCUT2D eigenvalue weighted by molar-refractivity contribution is 5.83. The Bertz CT molecular complexity index is 360. The molecule has 0 aliphatic heterocycles. The fourth-order valence-electron chi connectivity index (χ4n) is 2.85. The van der Waals surface area contributed by atoms with Crippen LogP contribution in [0.25, 0.3) is 0 Å². The van der Waals surface area contributed by atoms with Crippen molar-refractivity contribution in [3.05, 3.63) is 10.1 Å². The molecular weight excluding hydrogens is 250 g/mol. The van der Waals surface area contributed by atoms with Crippen LogP contribution >= 0.6 is 0 Å². The van der Waals surface area contributed by atoms with E-state index < -0.39 is 17.4 Å². The molecule has 1 saturated carbocycles. The smallest absolute Gasteiger partial charge is 0.316 e. The summed E-state index contributed by atoms with van der Waals surface area (Å²) in [5.41, 5.74) is -1.32. The zero-order valence-corrected chi connectivity index (χ0v) is 11.5. The van der Waals surface area contributed by atoms with E-state index in [9.17, 15) is 19.7 Å². The zero-order valence-electron chi connectivity index (χ0n) is 11.5. The second-order valence-electron chi connectivity index (χ2n) is 5.13. The van der Waals surface area contributed by atoms with Gasteiger partial charge >= 0.3 is 5.97 Å². The van der Waals surface area contributed by atoms with Crippen LogP contribution in [0.4, 0.5) is 0 Å². The first kappa shape index (κ1) is 15.6. The van der Waals surface area contributed by atoms with Crippen molar-refractivity contribution in [3.8, 4) is 0 Å². The van der Waals surface area contributed by atoms with Gasteiger partial charge in [0.2, 0.25) is 5.54 Å². The minimum Gasteiger partial charge on any atom is -0.466 e. The molecule has 19 heavy (non-hydrogen) atoms. The number of carbonyl (C=O) groups is 2. The number of esters is 1. The molecule has 0 aromatic carbocycles. The number of rotatable bonds is 6. The van der Waals surface area contributed by atoms with Gasteiger partial charge in [0.15, 0.2) is 0 Å². The Labute approximate surface area is 112 Å². The van der Waals surface area contributed by atoms with Crippen LogP contribution in [0.3, 0.4) is 0 Å². The molecule has 1 fully saturated rings. The average Bonchev–Trinajstić information content (AvgIpc) is 2.36. The molecule has 0 spiro atoms. The number of ether oxygens (including phenoxy) is 1. The molecule has 1 aliphatic carbocycles. The quantitative estimate of drug-likeness (QED) is 0.419. The van der Waals surface area contributed by atoms with E-state index in [1.807, 2.05) is 0 Å². The minimum atomic E-state index is -1.32. The molecule has 0 N–H and O–H groups in total. The van der Waals surface area contributed by atoms with Gasteiger partial charge in [-0.15, -0.1) is 0 Å². The Hall–Kier alpha value is -1.46. The maximum atomic E-state index is 12.0. The number of ketones is 1. The molecule has 6 nitrogen and oxygen atoms in total. The second kappa shape index (κ2) is 6.63. The van der Waals surface area contributed by atoms with Crippen molar-refractivity contribution in [2.24, 2.45) is 5.92 Å². The molecule has 1 aliphatic rings. The molecule has 1 atom stereocenters. The lowest BCUT2D eigenvalue weighted by Gasteiger charge is -2.34. The van der Waals surface area contributed by atoms with Crippen molar-refractivity contribution in [2.45, 2.75) is 57.9 Å². The van der Waals surface area contributed by atoms with Gasteiger partial charge in [-0.3, -0.25) is 19.7 Å². The van der Waals surface area contributed by atoms with Crippen LogP contribution < -0.4 is 0 Å². The summed E-state index contributed by atoms with van der Waals surface area (Å²) in [6.45, 7) is 3.17. The van der Waals surface area contributed by atoms with E-state index in [0.29, 0.717) is 12.8 Å². The highest BCUT2D eigenvalue weighted by atomic mass is 16.6. The summed E-state index contributed by atoms with van der Waals surface area (Å²) in [6, 6.07) is 0. The van der Waals surface area contributed by atoms with Gasteiger partial charge in [0, 0.05) is 24.2 Å². The number of hydrogen-bond donors (Lipinski definition) is 0. The Morgan fingerprint density at radius 1 is 1.32 bits per heavy atom. The number of Topliss-reactive ketones (excluding diaryl/α,β-unsaturated/α-hetero) is 1. The van der Waals surface area contributed by atoms with Gasteiger partial charge < -0.3 is 4.74 Å². The topological polar surface area (TPSA) is 86.5 Å². The van der Waals surface area contributed by atoms with Crippen molar-refractivity contribution in [1.82, 2.24) is 0 Å². The molecule has 0 aromatic heterocycles. The van der Waals surface area contributed by atoms with E-state index in [-0.39, 0.29) is 23.7 Å². The highest BCUT2D eigenvalue weighted by Gasteiger charge is 2.55. The third-order valence-corrected chi connectivity index (χ3v) is 3.79. The van der Waals surface area contributed by atoms with Crippen LogP contribution in [0.5, 0.6) is 0 Å². The van der Waals surface area contributed by atoms with E-state index in [0.717, 1.165) is 19.3 Å². The maximum Gasteiger partial charge on any atom is 0.316 e. The molecule has 0 radical (unpaired) electrons. The van der Waals surface area contributed by atoms with Gasteiger partial charge in [-0.1, -0.05) is 6.42 Å². The second-order valence-corrected chi connectivity index (χ2v) is 5.13. The number of hydrogen-bond acceptors (Lipinski definition) is 5. The molecule has 0 saturated heterocycles. The standard InChI is InChI=1S/C13H21NO5/c1-3-19-12(16)11(9-10(2)15)13(14(17)18)7-5-4-6-8-13/h11H,3-9H2,1-2H3/t11-/m0/s1. The van der Waals surface area contributed by atoms with Crippen molar-refractivity contribution in [3.63, 3.8) is 0 Å². The van der Waals surface area contributed by atoms with Crippen LogP contribution in [0, 0.1) is 16.0 Å². The lowest BCUT2D eigenvalue weighted by molar-refractivity contribution is -0.583. The fourth-order valence-corrected chi connectivity index (χ4v) is 2.85. The van der Waals surface area contributed by atoms with Crippen LogP contribution in [0.1, 0.15) is 52.4 Å². The lowest BCUT2D eigenvalue weighted by atomic mass is 9.71. The van der Waals surface area contributed by atoms with Gasteiger partial charge in [0.05, 0.1) is 6.61 Å². The number of carbonyl (C=O) groups excluding carboxylic acids is 2. The van der Waals surface area contributed by atoms with Gasteiger partial charge in [0.1, 0.15) is 11.7 Å². The first-order valence-corrected chi connectivity index (χ1v) is 6.74. The summed E-state index contributed by atoms with van der Waals surface area (Å²) < 4.78 is 4.94. The Balaban J connectivity index is 3.05. The van der Waals surface area contributed by atoms with Crippen molar-refractivity contribution in [2.75, 3.05) is 6.61 Å². The predicted molar refractivity (Wildman–Crippen MR) is 68.2 cm³/mol. The Morgan fingerprint density at radius 3 is 2.32 bits per heavy atom. The summed E-state index contributed by atoms with van der Waals surface area (Å²) in [7, 11) is 0. The molecular formula is C13H21NO5. The molecule has 0 unspecified atom stereocenters. The number of nitrogens with zero attached hydrogens (tertiary/aromatic N) is 1. The van der Waals surface area contributed by atoms with E-state index in [1.54, 1.807) is 6.92 Å². The summed E-state index contributed by atoms with van der Waals surface area (Å²) in [4.78, 5) is 34.5. The Morgan fingerprint density at radius 2 is 1.89 bits per heavy atom. The van der Waals surface area contributed by atoms with Gasteiger partial charge in [-0.05, 0) is 26.7 Å². The summed E-state index contributed by atoms with van der Waals surface area (Å²) in [5, 5.41) is 11.5. The van der Waals surface area contributed by atoms with Gasteiger partial charge in [0.25, 0.3) is 0 Å².